The van der Waals surface area contributed by atoms with Gasteiger partial charge in [0.05, 0.1) is 7.11 Å². The number of hydrogen-bond acceptors (Lipinski definition) is 4. The van der Waals surface area contributed by atoms with Gasteiger partial charge < -0.3 is 15.0 Å². The zero-order valence-corrected chi connectivity index (χ0v) is 13.9. The van der Waals surface area contributed by atoms with Crippen LogP contribution in [0.15, 0.2) is 48.8 Å². The van der Waals surface area contributed by atoms with Gasteiger partial charge in [0.1, 0.15) is 5.75 Å². The van der Waals surface area contributed by atoms with Crippen molar-refractivity contribution in [1.29, 1.82) is 0 Å². The molecule has 1 aromatic heterocycles. The Balaban J connectivity index is 1.46. The number of amides is 1. The molecule has 1 saturated heterocycles. The van der Waals surface area contributed by atoms with Gasteiger partial charge in [-0.2, -0.15) is 0 Å². The summed E-state index contributed by atoms with van der Waals surface area (Å²) in [6, 6.07) is 12.2. The van der Waals surface area contributed by atoms with Crippen molar-refractivity contribution in [2.75, 3.05) is 20.2 Å². The Labute approximate surface area is 142 Å². The van der Waals surface area contributed by atoms with Crippen molar-refractivity contribution in [3.05, 3.63) is 59.9 Å². The first-order valence-electron chi connectivity index (χ1n) is 8.27. The van der Waals surface area contributed by atoms with Gasteiger partial charge in [0, 0.05) is 44.5 Å². The number of likely N-dealkylation sites (tertiary alicyclic amines) is 1. The van der Waals surface area contributed by atoms with Crippen LogP contribution in [0.4, 0.5) is 0 Å². The average Bonchev–Trinajstić information content (AvgIpc) is 2.99. The van der Waals surface area contributed by atoms with Gasteiger partial charge in [0.2, 0.25) is 5.91 Å². The van der Waals surface area contributed by atoms with Gasteiger partial charge in [-0.25, -0.2) is 0 Å². The van der Waals surface area contributed by atoms with E-state index in [-0.39, 0.29) is 11.9 Å². The monoisotopic (exact) mass is 325 g/mol. The molecule has 1 aliphatic heterocycles. The van der Waals surface area contributed by atoms with Crippen molar-refractivity contribution < 1.29 is 9.53 Å². The van der Waals surface area contributed by atoms with E-state index in [2.05, 4.69) is 22.4 Å². The molecule has 0 saturated carbocycles. The first kappa shape index (κ1) is 16.5. The molecule has 0 unspecified atom stereocenters. The molecule has 1 atom stereocenters. The van der Waals surface area contributed by atoms with Crippen LogP contribution in [0.3, 0.4) is 0 Å². The maximum Gasteiger partial charge on any atom is 0.224 e. The lowest BCUT2D eigenvalue weighted by molar-refractivity contribution is -0.127. The maximum atomic E-state index is 12.2. The third-order valence-electron chi connectivity index (χ3n) is 4.36. The standard InChI is InChI=1S/C19H23N3O2/c1-24-18-6-4-15(5-7-18)8-10-22-14-17(11-19(22)23)21-13-16-3-2-9-20-12-16/h2-7,9,12,17,21H,8,10-11,13-14H2,1H3/t17-/m1/s1. The third-order valence-corrected chi connectivity index (χ3v) is 4.36. The zero-order chi connectivity index (χ0) is 16.8. The molecule has 126 valence electrons. The molecule has 5 nitrogen and oxygen atoms in total. The Morgan fingerprint density at radius 1 is 1.25 bits per heavy atom. The number of methoxy groups -OCH3 is 1. The summed E-state index contributed by atoms with van der Waals surface area (Å²) in [5, 5.41) is 3.45. The lowest BCUT2D eigenvalue weighted by Gasteiger charge is -2.17. The molecule has 5 heteroatoms. The van der Waals surface area contributed by atoms with Crippen molar-refractivity contribution in [2.45, 2.75) is 25.4 Å². The van der Waals surface area contributed by atoms with Crippen molar-refractivity contribution >= 4 is 5.91 Å². The highest BCUT2D eigenvalue weighted by atomic mass is 16.5. The summed E-state index contributed by atoms with van der Waals surface area (Å²) in [5.74, 6) is 1.09. The maximum absolute atomic E-state index is 12.2. The summed E-state index contributed by atoms with van der Waals surface area (Å²) in [6.07, 6.45) is 5.06. The van der Waals surface area contributed by atoms with Gasteiger partial charge in [0.25, 0.3) is 0 Å². The molecule has 2 heterocycles. The van der Waals surface area contributed by atoms with Crippen LogP contribution in [-0.2, 0) is 17.8 Å². The zero-order valence-electron chi connectivity index (χ0n) is 13.9. The number of carbonyl (C=O) groups excluding carboxylic acids is 1. The number of benzene rings is 1. The number of rotatable bonds is 7. The van der Waals surface area contributed by atoms with Crippen LogP contribution in [0.1, 0.15) is 17.5 Å². The van der Waals surface area contributed by atoms with E-state index < -0.39 is 0 Å². The van der Waals surface area contributed by atoms with Gasteiger partial charge in [-0.3, -0.25) is 9.78 Å². The topological polar surface area (TPSA) is 54.5 Å². The highest BCUT2D eigenvalue weighted by molar-refractivity contribution is 5.79. The Bertz CT molecular complexity index is 658. The minimum Gasteiger partial charge on any atom is -0.497 e. The van der Waals surface area contributed by atoms with Crippen LogP contribution < -0.4 is 10.1 Å². The fourth-order valence-corrected chi connectivity index (χ4v) is 2.95. The molecule has 1 amide bonds. The van der Waals surface area contributed by atoms with Crippen LogP contribution >= 0.6 is 0 Å². The van der Waals surface area contributed by atoms with E-state index >= 15 is 0 Å². The highest BCUT2D eigenvalue weighted by Gasteiger charge is 2.28. The average molecular weight is 325 g/mol. The second kappa shape index (κ2) is 7.93. The molecule has 0 spiro atoms. The van der Waals surface area contributed by atoms with Gasteiger partial charge in [-0.15, -0.1) is 0 Å². The second-order valence-corrected chi connectivity index (χ2v) is 6.08. The molecular formula is C19H23N3O2. The summed E-state index contributed by atoms with van der Waals surface area (Å²) < 4.78 is 5.16. The minimum absolute atomic E-state index is 0.216. The molecule has 1 fully saturated rings. The van der Waals surface area contributed by atoms with Crippen molar-refractivity contribution in [3.8, 4) is 5.75 Å². The van der Waals surface area contributed by atoms with Gasteiger partial charge in [0.15, 0.2) is 0 Å². The molecule has 0 radical (unpaired) electrons. The number of pyridine rings is 1. The first-order chi connectivity index (χ1) is 11.7. The fraction of sp³-hybridized carbons (Fsp3) is 0.368. The Morgan fingerprint density at radius 3 is 2.79 bits per heavy atom. The molecule has 3 rings (SSSR count). The van der Waals surface area contributed by atoms with Crippen molar-refractivity contribution in [3.63, 3.8) is 0 Å². The van der Waals surface area contributed by atoms with Crippen molar-refractivity contribution in [1.82, 2.24) is 15.2 Å². The largest absolute Gasteiger partial charge is 0.497 e. The van der Waals surface area contributed by atoms with Crippen LogP contribution in [0.25, 0.3) is 0 Å². The summed E-state index contributed by atoms with van der Waals surface area (Å²) in [4.78, 5) is 18.2. The molecule has 1 aromatic carbocycles. The van der Waals surface area contributed by atoms with E-state index in [1.54, 1.807) is 13.3 Å². The molecule has 1 N–H and O–H groups in total. The second-order valence-electron chi connectivity index (χ2n) is 6.08. The fourth-order valence-electron chi connectivity index (χ4n) is 2.95. The Hall–Kier alpha value is -2.40. The van der Waals surface area contributed by atoms with Gasteiger partial charge >= 0.3 is 0 Å². The SMILES string of the molecule is COc1ccc(CCN2C[C@H](NCc3cccnc3)CC2=O)cc1. The number of aromatic nitrogens is 1. The number of ether oxygens (including phenoxy) is 1. The summed E-state index contributed by atoms with van der Waals surface area (Å²) >= 11 is 0. The van der Waals surface area contributed by atoms with Gasteiger partial charge in [-0.05, 0) is 35.7 Å². The number of nitrogens with one attached hydrogen (secondary N) is 1. The van der Waals surface area contributed by atoms with E-state index in [0.717, 1.165) is 37.4 Å². The van der Waals surface area contributed by atoms with E-state index in [1.807, 2.05) is 35.4 Å². The van der Waals surface area contributed by atoms with Crippen LogP contribution in [-0.4, -0.2) is 42.0 Å². The quantitative estimate of drug-likeness (QED) is 0.846. The van der Waals surface area contributed by atoms with E-state index in [4.69, 9.17) is 4.74 Å². The van der Waals surface area contributed by atoms with Gasteiger partial charge in [-0.1, -0.05) is 18.2 Å². The Kier molecular flexibility index (Phi) is 5.43. The van der Waals surface area contributed by atoms with E-state index in [9.17, 15) is 4.79 Å². The Morgan fingerprint density at radius 2 is 2.08 bits per heavy atom. The summed E-state index contributed by atoms with van der Waals surface area (Å²) in [6.45, 7) is 2.28. The summed E-state index contributed by atoms with van der Waals surface area (Å²) in [7, 11) is 1.66. The molecule has 2 aromatic rings. The lowest BCUT2D eigenvalue weighted by Crippen LogP contribution is -2.33. The van der Waals surface area contributed by atoms with E-state index in [0.29, 0.717) is 6.42 Å². The number of nitrogens with zero attached hydrogens (tertiary/aromatic N) is 2. The molecule has 0 bridgehead atoms. The summed E-state index contributed by atoms with van der Waals surface area (Å²) in [5.41, 5.74) is 2.36. The molecule has 0 aliphatic carbocycles. The lowest BCUT2D eigenvalue weighted by atomic mass is 10.1. The van der Waals surface area contributed by atoms with E-state index in [1.165, 1.54) is 5.56 Å². The van der Waals surface area contributed by atoms with Crippen LogP contribution in [0.2, 0.25) is 0 Å². The minimum atomic E-state index is 0.216. The predicted octanol–water partition coefficient (Wildman–Crippen LogP) is 2.02. The van der Waals surface area contributed by atoms with Crippen molar-refractivity contribution in [2.24, 2.45) is 0 Å². The van der Waals surface area contributed by atoms with Crippen LogP contribution in [0.5, 0.6) is 5.75 Å². The predicted molar refractivity (Wildman–Crippen MR) is 92.8 cm³/mol. The van der Waals surface area contributed by atoms with Crippen LogP contribution in [0, 0.1) is 0 Å². The molecular weight excluding hydrogens is 302 g/mol. The number of hydrogen-bond donors (Lipinski definition) is 1. The smallest absolute Gasteiger partial charge is 0.224 e. The normalized spacial score (nSPS) is 17.3. The molecule has 24 heavy (non-hydrogen) atoms. The highest BCUT2D eigenvalue weighted by Crippen LogP contribution is 2.15. The first-order valence-corrected chi connectivity index (χ1v) is 8.27. The number of carbonyl (C=O) groups is 1. The third kappa shape index (κ3) is 4.32. The molecule has 1 aliphatic rings.